The zero-order valence-corrected chi connectivity index (χ0v) is 13.1. The SMILES string of the molecule is CC(C)(C)c1ccc(OCCCCS(C)(=O)=O)cc1. The summed E-state index contributed by atoms with van der Waals surface area (Å²) in [6.45, 7) is 7.08. The van der Waals surface area contributed by atoms with Crippen LogP contribution in [0.3, 0.4) is 0 Å². The van der Waals surface area contributed by atoms with Crippen molar-refractivity contribution in [3.05, 3.63) is 29.8 Å². The van der Waals surface area contributed by atoms with Gasteiger partial charge in [0.1, 0.15) is 15.6 Å². The van der Waals surface area contributed by atoms with E-state index in [-0.39, 0.29) is 11.2 Å². The van der Waals surface area contributed by atoms with Crippen LogP contribution in [0.4, 0.5) is 0 Å². The lowest BCUT2D eigenvalue weighted by Crippen LogP contribution is -2.10. The quantitative estimate of drug-likeness (QED) is 0.754. The first kappa shape index (κ1) is 16.0. The van der Waals surface area contributed by atoms with Gasteiger partial charge in [-0.1, -0.05) is 32.9 Å². The Labute approximate surface area is 116 Å². The van der Waals surface area contributed by atoms with E-state index in [9.17, 15) is 8.42 Å². The summed E-state index contributed by atoms with van der Waals surface area (Å²) in [6, 6.07) is 8.09. The third-order valence-corrected chi connectivity index (χ3v) is 3.93. The molecular formula is C15H24O3S. The van der Waals surface area contributed by atoms with Crippen molar-refractivity contribution in [1.29, 1.82) is 0 Å². The Bertz CT molecular complexity index is 481. The molecule has 0 aliphatic carbocycles. The van der Waals surface area contributed by atoms with Gasteiger partial charge in [-0.2, -0.15) is 0 Å². The monoisotopic (exact) mass is 284 g/mol. The largest absolute Gasteiger partial charge is 0.494 e. The van der Waals surface area contributed by atoms with Crippen LogP contribution in [0.1, 0.15) is 39.2 Å². The lowest BCUT2D eigenvalue weighted by atomic mass is 9.87. The highest BCUT2D eigenvalue weighted by molar-refractivity contribution is 7.90. The molecular weight excluding hydrogens is 260 g/mol. The van der Waals surface area contributed by atoms with Crippen molar-refractivity contribution in [2.24, 2.45) is 0 Å². The standard InChI is InChI=1S/C15H24O3S/c1-15(2,3)13-7-9-14(10-8-13)18-11-5-6-12-19(4,16)17/h7-10H,5-6,11-12H2,1-4H3. The minimum Gasteiger partial charge on any atom is -0.494 e. The first-order chi connectivity index (χ1) is 8.68. The van der Waals surface area contributed by atoms with Crippen molar-refractivity contribution >= 4 is 9.84 Å². The average Bonchev–Trinajstić information content (AvgIpc) is 2.26. The predicted octanol–water partition coefficient (Wildman–Crippen LogP) is 3.19. The molecule has 0 unspecified atom stereocenters. The van der Waals surface area contributed by atoms with E-state index in [4.69, 9.17) is 4.74 Å². The third-order valence-electron chi connectivity index (χ3n) is 2.90. The fourth-order valence-corrected chi connectivity index (χ4v) is 2.44. The molecule has 0 radical (unpaired) electrons. The van der Waals surface area contributed by atoms with Crippen molar-refractivity contribution in [3.63, 3.8) is 0 Å². The van der Waals surface area contributed by atoms with Gasteiger partial charge in [-0.25, -0.2) is 8.42 Å². The zero-order valence-electron chi connectivity index (χ0n) is 12.3. The van der Waals surface area contributed by atoms with Crippen LogP contribution in [-0.4, -0.2) is 27.0 Å². The molecule has 4 heteroatoms. The molecule has 3 nitrogen and oxygen atoms in total. The first-order valence-corrected chi connectivity index (χ1v) is 8.65. The fraction of sp³-hybridized carbons (Fsp3) is 0.600. The topological polar surface area (TPSA) is 43.4 Å². The van der Waals surface area contributed by atoms with E-state index in [1.165, 1.54) is 11.8 Å². The number of ether oxygens (including phenoxy) is 1. The highest BCUT2D eigenvalue weighted by Crippen LogP contribution is 2.24. The lowest BCUT2D eigenvalue weighted by molar-refractivity contribution is 0.309. The summed E-state index contributed by atoms with van der Waals surface area (Å²) in [7, 11) is -2.85. The molecule has 0 spiro atoms. The van der Waals surface area contributed by atoms with Crippen LogP contribution in [0.15, 0.2) is 24.3 Å². The Kier molecular flexibility index (Phi) is 5.41. The average molecular weight is 284 g/mol. The van der Waals surface area contributed by atoms with Crippen molar-refractivity contribution in [1.82, 2.24) is 0 Å². The van der Waals surface area contributed by atoms with Crippen molar-refractivity contribution < 1.29 is 13.2 Å². The van der Waals surface area contributed by atoms with Gasteiger partial charge in [0.15, 0.2) is 0 Å². The van der Waals surface area contributed by atoms with Crippen molar-refractivity contribution in [2.75, 3.05) is 18.6 Å². The van der Waals surface area contributed by atoms with E-state index < -0.39 is 9.84 Å². The van der Waals surface area contributed by atoms with Gasteiger partial charge in [0.2, 0.25) is 0 Å². The van der Waals surface area contributed by atoms with E-state index >= 15 is 0 Å². The fourth-order valence-electron chi connectivity index (χ4n) is 1.71. The van der Waals surface area contributed by atoms with E-state index in [1.54, 1.807) is 0 Å². The summed E-state index contributed by atoms with van der Waals surface area (Å²) in [4.78, 5) is 0. The van der Waals surface area contributed by atoms with Crippen molar-refractivity contribution in [3.8, 4) is 5.75 Å². The number of hydrogen-bond acceptors (Lipinski definition) is 3. The minimum atomic E-state index is -2.85. The molecule has 0 saturated heterocycles. The highest BCUT2D eigenvalue weighted by atomic mass is 32.2. The molecule has 0 aliphatic rings. The summed E-state index contributed by atoms with van der Waals surface area (Å²) >= 11 is 0. The molecule has 0 fully saturated rings. The molecule has 0 bridgehead atoms. The second kappa shape index (κ2) is 6.42. The third kappa shape index (κ3) is 6.62. The molecule has 0 aliphatic heterocycles. The van der Waals surface area contributed by atoms with Gasteiger partial charge < -0.3 is 4.74 Å². The Balaban J connectivity index is 2.35. The second-order valence-corrected chi connectivity index (χ2v) is 8.22. The second-order valence-electron chi connectivity index (χ2n) is 5.96. The maximum Gasteiger partial charge on any atom is 0.147 e. The molecule has 0 aromatic heterocycles. The molecule has 0 amide bonds. The molecule has 1 aromatic rings. The molecule has 1 rings (SSSR count). The molecule has 19 heavy (non-hydrogen) atoms. The highest BCUT2D eigenvalue weighted by Gasteiger charge is 2.12. The van der Waals surface area contributed by atoms with Crippen molar-refractivity contribution in [2.45, 2.75) is 39.0 Å². The van der Waals surface area contributed by atoms with Crippen LogP contribution in [0.5, 0.6) is 5.75 Å². The van der Waals surface area contributed by atoms with Gasteiger partial charge in [-0.05, 0) is 36.0 Å². The number of hydrogen-bond donors (Lipinski definition) is 0. The van der Waals surface area contributed by atoms with E-state index in [2.05, 4.69) is 32.9 Å². The van der Waals surface area contributed by atoms with Gasteiger partial charge >= 0.3 is 0 Å². The van der Waals surface area contributed by atoms with Gasteiger partial charge in [0.05, 0.1) is 12.4 Å². The van der Waals surface area contributed by atoms with Gasteiger partial charge in [0.25, 0.3) is 0 Å². The number of unbranched alkanes of at least 4 members (excludes halogenated alkanes) is 1. The maximum absolute atomic E-state index is 11.0. The van der Waals surface area contributed by atoms with Crippen LogP contribution in [-0.2, 0) is 15.3 Å². The van der Waals surface area contributed by atoms with Crippen LogP contribution in [0.25, 0.3) is 0 Å². The Morgan fingerprint density at radius 2 is 1.63 bits per heavy atom. The maximum atomic E-state index is 11.0. The van der Waals surface area contributed by atoms with Crippen LogP contribution in [0, 0.1) is 0 Å². The summed E-state index contributed by atoms with van der Waals surface area (Å²) in [6.07, 6.45) is 2.67. The summed E-state index contributed by atoms with van der Waals surface area (Å²) in [5.74, 6) is 1.08. The molecule has 0 N–H and O–H groups in total. The predicted molar refractivity (Wildman–Crippen MR) is 79.6 cm³/mol. The number of rotatable bonds is 6. The Morgan fingerprint density at radius 3 is 2.11 bits per heavy atom. The number of benzene rings is 1. The summed E-state index contributed by atoms with van der Waals surface area (Å²) in [5.41, 5.74) is 1.42. The van der Waals surface area contributed by atoms with Crippen LogP contribution in [0.2, 0.25) is 0 Å². The summed E-state index contributed by atoms with van der Waals surface area (Å²) < 4.78 is 27.5. The molecule has 1 aromatic carbocycles. The summed E-state index contributed by atoms with van der Waals surface area (Å²) in [5, 5.41) is 0. The minimum absolute atomic E-state index is 0.147. The molecule has 0 saturated carbocycles. The Morgan fingerprint density at radius 1 is 1.05 bits per heavy atom. The smallest absolute Gasteiger partial charge is 0.147 e. The van der Waals surface area contributed by atoms with Crippen LogP contribution >= 0.6 is 0 Å². The zero-order chi connectivity index (χ0) is 14.5. The Hall–Kier alpha value is -1.03. The van der Waals surface area contributed by atoms with Gasteiger partial charge in [0, 0.05) is 6.26 Å². The first-order valence-electron chi connectivity index (χ1n) is 6.59. The number of sulfone groups is 1. The van der Waals surface area contributed by atoms with Gasteiger partial charge in [-0.3, -0.25) is 0 Å². The molecule has 0 atom stereocenters. The van der Waals surface area contributed by atoms with E-state index in [0.29, 0.717) is 13.0 Å². The van der Waals surface area contributed by atoms with Gasteiger partial charge in [-0.15, -0.1) is 0 Å². The van der Waals surface area contributed by atoms with Crippen LogP contribution < -0.4 is 4.74 Å². The molecule has 0 heterocycles. The van der Waals surface area contributed by atoms with E-state index in [1.807, 2.05) is 12.1 Å². The van der Waals surface area contributed by atoms with E-state index in [0.717, 1.165) is 12.2 Å². The molecule has 108 valence electrons. The normalized spacial score (nSPS) is 12.4. The lowest BCUT2D eigenvalue weighted by Gasteiger charge is -2.19.